The maximum atomic E-state index is 13.4. The maximum absolute atomic E-state index is 13.4. The molecular formula is C14H14FN3O2. The van der Waals surface area contributed by atoms with Gasteiger partial charge in [-0.25, -0.2) is 9.18 Å². The second kappa shape index (κ2) is 5.32. The van der Waals surface area contributed by atoms with Crippen molar-refractivity contribution in [2.24, 2.45) is 0 Å². The van der Waals surface area contributed by atoms with E-state index in [2.05, 4.69) is 15.6 Å². The van der Waals surface area contributed by atoms with Crippen molar-refractivity contribution in [3.63, 3.8) is 0 Å². The Balaban J connectivity index is 1.68. The van der Waals surface area contributed by atoms with Crippen LogP contribution < -0.4 is 10.6 Å². The average molecular weight is 275 g/mol. The highest BCUT2D eigenvalue weighted by Crippen LogP contribution is 2.30. The average Bonchev–Trinajstić information content (AvgIpc) is 2.91. The summed E-state index contributed by atoms with van der Waals surface area (Å²) >= 11 is 0. The summed E-state index contributed by atoms with van der Waals surface area (Å²) in [6.45, 7) is 0. The van der Waals surface area contributed by atoms with Crippen LogP contribution in [0.25, 0.3) is 0 Å². The lowest BCUT2D eigenvalue weighted by molar-refractivity contribution is 0.246. The van der Waals surface area contributed by atoms with Crippen molar-refractivity contribution in [1.82, 2.24) is 10.3 Å². The Morgan fingerprint density at radius 3 is 3.20 bits per heavy atom. The van der Waals surface area contributed by atoms with E-state index in [0.717, 1.165) is 36.8 Å². The monoisotopic (exact) mass is 275 g/mol. The third-order valence-corrected chi connectivity index (χ3v) is 3.38. The van der Waals surface area contributed by atoms with E-state index in [0.29, 0.717) is 0 Å². The van der Waals surface area contributed by atoms with Gasteiger partial charge in [0.2, 0.25) is 0 Å². The number of rotatable bonds is 2. The van der Waals surface area contributed by atoms with Gasteiger partial charge < -0.3 is 15.1 Å². The molecule has 104 valence electrons. The molecule has 2 aromatic rings. The molecule has 0 radical (unpaired) electrons. The third-order valence-electron chi connectivity index (χ3n) is 3.38. The first-order valence-electron chi connectivity index (χ1n) is 6.47. The summed E-state index contributed by atoms with van der Waals surface area (Å²) in [5, 5.41) is 5.32. The smallest absolute Gasteiger partial charge is 0.319 e. The number of urea groups is 1. The van der Waals surface area contributed by atoms with E-state index >= 15 is 0 Å². The normalized spacial score (nSPS) is 17.4. The van der Waals surface area contributed by atoms with Crippen LogP contribution in [0.15, 0.2) is 35.2 Å². The third kappa shape index (κ3) is 2.49. The molecule has 1 unspecified atom stereocenters. The van der Waals surface area contributed by atoms with Crippen LogP contribution in [-0.2, 0) is 6.42 Å². The Bertz CT molecular complexity index is 626. The SMILES string of the molecule is O=C(Nc1ccncc1F)NC1CCCc2occc21. The minimum absolute atomic E-state index is 0.0950. The summed E-state index contributed by atoms with van der Waals surface area (Å²) in [7, 11) is 0. The lowest BCUT2D eigenvalue weighted by Gasteiger charge is -2.22. The molecule has 2 amide bonds. The van der Waals surface area contributed by atoms with Crippen molar-refractivity contribution in [2.75, 3.05) is 5.32 Å². The fourth-order valence-electron chi connectivity index (χ4n) is 2.43. The lowest BCUT2D eigenvalue weighted by Crippen LogP contribution is -2.34. The number of fused-ring (bicyclic) bond motifs is 1. The predicted molar refractivity (Wildman–Crippen MR) is 70.7 cm³/mol. The van der Waals surface area contributed by atoms with Crippen LogP contribution in [0.2, 0.25) is 0 Å². The van der Waals surface area contributed by atoms with Crippen molar-refractivity contribution in [2.45, 2.75) is 25.3 Å². The van der Waals surface area contributed by atoms with E-state index in [1.54, 1.807) is 6.26 Å². The Labute approximate surface area is 115 Å². The molecule has 3 rings (SSSR count). The van der Waals surface area contributed by atoms with Crippen molar-refractivity contribution in [3.05, 3.63) is 47.9 Å². The van der Waals surface area contributed by atoms with E-state index in [1.807, 2.05) is 6.07 Å². The van der Waals surface area contributed by atoms with Crippen LogP contribution in [0.5, 0.6) is 0 Å². The van der Waals surface area contributed by atoms with Gasteiger partial charge in [-0.15, -0.1) is 0 Å². The van der Waals surface area contributed by atoms with Crippen LogP contribution in [0.1, 0.15) is 30.2 Å². The molecule has 5 nitrogen and oxygen atoms in total. The van der Waals surface area contributed by atoms with Gasteiger partial charge >= 0.3 is 6.03 Å². The van der Waals surface area contributed by atoms with E-state index in [1.165, 1.54) is 12.3 Å². The Morgan fingerprint density at radius 2 is 2.35 bits per heavy atom. The Morgan fingerprint density at radius 1 is 1.45 bits per heavy atom. The van der Waals surface area contributed by atoms with Crippen LogP contribution in [0.4, 0.5) is 14.9 Å². The van der Waals surface area contributed by atoms with Gasteiger partial charge in [0, 0.05) is 18.2 Å². The van der Waals surface area contributed by atoms with Crippen LogP contribution in [-0.4, -0.2) is 11.0 Å². The van der Waals surface area contributed by atoms with Gasteiger partial charge in [-0.1, -0.05) is 0 Å². The zero-order chi connectivity index (χ0) is 13.9. The second-order valence-electron chi connectivity index (χ2n) is 4.70. The first kappa shape index (κ1) is 12.7. The highest BCUT2D eigenvalue weighted by molar-refractivity contribution is 5.89. The van der Waals surface area contributed by atoms with Crippen molar-refractivity contribution in [1.29, 1.82) is 0 Å². The van der Waals surface area contributed by atoms with E-state index < -0.39 is 11.8 Å². The summed E-state index contributed by atoms with van der Waals surface area (Å²) in [5.74, 6) is 0.354. The number of aryl methyl sites for hydroxylation is 1. The highest BCUT2D eigenvalue weighted by atomic mass is 19.1. The number of carbonyl (C=O) groups excluding carboxylic acids is 1. The highest BCUT2D eigenvalue weighted by Gasteiger charge is 2.24. The molecule has 0 spiro atoms. The van der Waals surface area contributed by atoms with Gasteiger partial charge in [0.25, 0.3) is 0 Å². The predicted octanol–water partition coefficient (Wildman–Crippen LogP) is 3.01. The van der Waals surface area contributed by atoms with Gasteiger partial charge in [-0.05, 0) is 25.0 Å². The van der Waals surface area contributed by atoms with Crippen LogP contribution >= 0.6 is 0 Å². The summed E-state index contributed by atoms with van der Waals surface area (Å²) in [4.78, 5) is 15.6. The van der Waals surface area contributed by atoms with Crippen molar-refractivity contribution < 1.29 is 13.6 Å². The lowest BCUT2D eigenvalue weighted by atomic mass is 9.93. The van der Waals surface area contributed by atoms with Gasteiger partial charge in [0.05, 0.1) is 24.2 Å². The van der Waals surface area contributed by atoms with Crippen molar-refractivity contribution in [3.8, 4) is 0 Å². The number of hydrogen-bond acceptors (Lipinski definition) is 3. The largest absolute Gasteiger partial charge is 0.469 e. The first-order valence-corrected chi connectivity index (χ1v) is 6.47. The van der Waals surface area contributed by atoms with Gasteiger partial charge in [-0.3, -0.25) is 4.98 Å². The number of hydrogen-bond donors (Lipinski definition) is 2. The Hall–Kier alpha value is -2.37. The quantitative estimate of drug-likeness (QED) is 0.885. The van der Waals surface area contributed by atoms with E-state index in [4.69, 9.17) is 4.42 Å². The maximum Gasteiger partial charge on any atom is 0.319 e. The summed E-state index contributed by atoms with van der Waals surface area (Å²) in [5.41, 5.74) is 1.11. The topological polar surface area (TPSA) is 67.2 Å². The number of aromatic nitrogens is 1. The number of amides is 2. The zero-order valence-corrected chi connectivity index (χ0v) is 10.7. The number of furan rings is 1. The number of carbonyl (C=O) groups is 1. The van der Waals surface area contributed by atoms with Gasteiger partial charge in [0.15, 0.2) is 5.82 Å². The molecule has 6 heteroatoms. The number of nitrogens with zero attached hydrogens (tertiary/aromatic N) is 1. The molecule has 0 saturated heterocycles. The molecule has 0 saturated carbocycles. The fourth-order valence-corrected chi connectivity index (χ4v) is 2.43. The van der Waals surface area contributed by atoms with E-state index in [9.17, 15) is 9.18 Å². The number of anilines is 1. The molecular weight excluding hydrogens is 261 g/mol. The first-order chi connectivity index (χ1) is 9.74. The molecule has 20 heavy (non-hydrogen) atoms. The van der Waals surface area contributed by atoms with Gasteiger partial charge in [0.1, 0.15) is 5.76 Å². The molecule has 0 aliphatic heterocycles. The molecule has 2 N–H and O–H groups in total. The summed E-state index contributed by atoms with van der Waals surface area (Å²) in [6.07, 6.45) is 6.80. The zero-order valence-electron chi connectivity index (χ0n) is 10.7. The van der Waals surface area contributed by atoms with Gasteiger partial charge in [-0.2, -0.15) is 0 Å². The molecule has 1 atom stereocenters. The number of halogens is 1. The molecule has 1 aliphatic rings. The summed E-state index contributed by atoms with van der Waals surface area (Å²) in [6, 6.07) is 2.75. The minimum Gasteiger partial charge on any atom is -0.469 e. The molecule has 0 fully saturated rings. The molecule has 2 heterocycles. The fraction of sp³-hybridized carbons (Fsp3) is 0.286. The summed E-state index contributed by atoms with van der Waals surface area (Å²) < 4.78 is 18.8. The standard InChI is InChI=1S/C14H14FN3O2/c15-10-8-16-6-4-12(10)18-14(19)17-11-2-1-3-13-9(11)5-7-20-13/h4-8,11H,1-3H2,(H2,16,17,18,19). The molecule has 0 bridgehead atoms. The second-order valence-corrected chi connectivity index (χ2v) is 4.70. The Kier molecular flexibility index (Phi) is 3.37. The van der Waals surface area contributed by atoms with E-state index in [-0.39, 0.29) is 11.7 Å². The van der Waals surface area contributed by atoms with Crippen LogP contribution in [0.3, 0.4) is 0 Å². The number of nitrogens with one attached hydrogen (secondary N) is 2. The molecule has 1 aliphatic carbocycles. The number of pyridine rings is 1. The minimum atomic E-state index is -0.560. The van der Waals surface area contributed by atoms with Crippen molar-refractivity contribution >= 4 is 11.7 Å². The molecule has 2 aromatic heterocycles. The molecule has 0 aromatic carbocycles. The van der Waals surface area contributed by atoms with Crippen LogP contribution in [0, 0.1) is 5.82 Å².